The third-order valence-electron chi connectivity index (χ3n) is 2.45. The molecular weight excluding hydrogens is 237 g/mol. The van der Waals surface area contributed by atoms with Crippen LogP contribution in [0, 0.1) is 12.7 Å². The van der Waals surface area contributed by atoms with Crippen molar-refractivity contribution in [1.82, 2.24) is 5.16 Å². The second-order valence-electron chi connectivity index (χ2n) is 3.86. The third-order valence-corrected chi connectivity index (χ3v) is 2.45. The molecule has 0 aliphatic heterocycles. The highest BCUT2D eigenvalue weighted by molar-refractivity contribution is 5.62. The molecule has 2 rings (SSSR count). The number of anilines is 2. The normalized spacial score (nSPS) is 10.4. The van der Waals surface area contributed by atoms with Crippen LogP contribution in [-0.4, -0.2) is 12.3 Å². The second kappa shape index (κ2) is 4.95. The van der Waals surface area contributed by atoms with Gasteiger partial charge in [-0.3, -0.25) is 0 Å². The zero-order chi connectivity index (χ0) is 13.1. The minimum atomic E-state index is -0.440. The van der Waals surface area contributed by atoms with Gasteiger partial charge in [-0.15, -0.1) is 0 Å². The predicted octanol–water partition coefficient (Wildman–Crippen LogP) is 2.33. The Morgan fingerprint density at radius 1 is 1.44 bits per heavy atom. The van der Waals surface area contributed by atoms with E-state index in [4.69, 9.17) is 15.0 Å². The Kier molecular flexibility index (Phi) is 3.36. The van der Waals surface area contributed by atoms with Crippen molar-refractivity contribution >= 4 is 11.4 Å². The molecule has 0 atom stereocenters. The molecule has 2 aromatic rings. The number of nitrogens with two attached hydrogens (primary N) is 1. The molecule has 0 aliphatic carbocycles. The van der Waals surface area contributed by atoms with Crippen LogP contribution >= 0.6 is 0 Å². The van der Waals surface area contributed by atoms with Gasteiger partial charge < -0.3 is 20.3 Å². The summed E-state index contributed by atoms with van der Waals surface area (Å²) in [4.78, 5) is 0. The van der Waals surface area contributed by atoms with Crippen LogP contribution in [-0.2, 0) is 6.54 Å². The summed E-state index contributed by atoms with van der Waals surface area (Å²) < 4.78 is 23.7. The first-order valence-corrected chi connectivity index (χ1v) is 5.39. The van der Waals surface area contributed by atoms with Crippen LogP contribution in [0.1, 0.15) is 11.5 Å². The fourth-order valence-electron chi connectivity index (χ4n) is 1.56. The molecule has 0 unspecified atom stereocenters. The highest BCUT2D eigenvalue weighted by Gasteiger charge is 2.09. The molecule has 0 saturated carbocycles. The van der Waals surface area contributed by atoms with Crippen molar-refractivity contribution in [1.29, 1.82) is 0 Å². The molecule has 0 bridgehead atoms. The first kappa shape index (κ1) is 12.2. The highest BCUT2D eigenvalue weighted by atomic mass is 19.1. The SMILES string of the molecule is COc1cc(NCc2cc(C)no2)c(F)cc1N. The first-order chi connectivity index (χ1) is 8.60. The second-order valence-corrected chi connectivity index (χ2v) is 3.86. The number of aryl methyl sites for hydroxylation is 1. The Balaban J connectivity index is 2.13. The number of methoxy groups -OCH3 is 1. The van der Waals surface area contributed by atoms with E-state index in [1.165, 1.54) is 19.2 Å². The summed E-state index contributed by atoms with van der Waals surface area (Å²) in [6, 6.07) is 4.50. The van der Waals surface area contributed by atoms with Gasteiger partial charge in [-0.05, 0) is 6.92 Å². The number of rotatable bonds is 4. The van der Waals surface area contributed by atoms with E-state index in [9.17, 15) is 4.39 Å². The van der Waals surface area contributed by atoms with Crippen molar-refractivity contribution in [3.05, 3.63) is 35.5 Å². The summed E-state index contributed by atoms with van der Waals surface area (Å²) in [5, 5.41) is 6.65. The molecular formula is C12H14FN3O2. The van der Waals surface area contributed by atoms with E-state index in [2.05, 4.69) is 10.5 Å². The van der Waals surface area contributed by atoms with E-state index in [0.29, 0.717) is 23.7 Å². The summed E-state index contributed by atoms with van der Waals surface area (Å²) in [5.74, 6) is 0.611. The summed E-state index contributed by atoms with van der Waals surface area (Å²) in [6.07, 6.45) is 0. The maximum Gasteiger partial charge on any atom is 0.156 e. The van der Waals surface area contributed by atoms with Crippen molar-refractivity contribution < 1.29 is 13.7 Å². The largest absolute Gasteiger partial charge is 0.495 e. The molecule has 1 heterocycles. The number of aromatic nitrogens is 1. The minimum absolute atomic E-state index is 0.260. The van der Waals surface area contributed by atoms with E-state index in [-0.39, 0.29) is 5.69 Å². The Labute approximate surface area is 104 Å². The lowest BCUT2D eigenvalue weighted by Gasteiger charge is -2.10. The maximum atomic E-state index is 13.6. The number of nitrogen functional groups attached to an aromatic ring is 1. The van der Waals surface area contributed by atoms with Crippen LogP contribution in [0.4, 0.5) is 15.8 Å². The summed E-state index contributed by atoms with van der Waals surface area (Å²) in [5.41, 5.74) is 6.93. The Morgan fingerprint density at radius 2 is 2.22 bits per heavy atom. The fourth-order valence-corrected chi connectivity index (χ4v) is 1.56. The molecule has 6 heteroatoms. The number of benzene rings is 1. The molecule has 3 N–H and O–H groups in total. The number of hydrogen-bond acceptors (Lipinski definition) is 5. The van der Waals surface area contributed by atoms with Crippen molar-refractivity contribution in [3.8, 4) is 5.75 Å². The average molecular weight is 251 g/mol. The smallest absolute Gasteiger partial charge is 0.156 e. The lowest BCUT2D eigenvalue weighted by atomic mass is 10.2. The molecule has 0 radical (unpaired) electrons. The summed E-state index contributed by atoms with van der Waals surface area (Å²) in [6.45, 7) is 2.16. The molecule has 1 aromatic carbocycles. The monoisotopic (exact) mass is 251 g/mol. The van der Waals surface area contributed by atoms with E-state index in [1.54, 1.807) is 6.07 Å². The summed E-state index contributed by atoms with van der Waals surface area (Å²) >= 11 is 0. The summed E-state index contributed by atoms with van der Waals surface area (Å²) in [7, 11) is 1.48. The minimum Gasteiger partial charge on any atom is -0.495 e. The van der Waals surface area contributed by atoms with Gasteiger partial charge in [-0.25, -0.2) is 4.39 Å². The number of hydrogen-bond donors (Lipinski definition) is 2. The lowest BCUT2D eigenvalue weighted by Crippen LogP contribution is -2.02. The van der Waals surface area contributed by atoms with Gasteiger partial charge >= 0.3 is 0 Å². The van der Waals surface area contributed by atoms with Crippen LogP contribution in [0.2, 0.25) is 0 Å². The molecule has 0 fully saturated rings. The van der Waals surface area contributed by atoms with Gasteiger partial charge in [0.25, 0.3) is 0 Å². The molecule has 0 aliphatic rings. The van der Waals surface area contributed by atoms with Gasteiger partial charge in [-0.1, -0.05) is 5.16 Å². The fraction of sp³-hybridized carbons (Fsp3) is 0.250. The van der Waals surface area contributed by atoms with Crippen LogP contribution in [0.15, 0.2) is 22.7 Å². The molecule has 96 valence electrons. The van der Waals surface area contributed by atoms with Gasteiger partial charge in [0.05, 0.1) is 30.7 Å². The van der Waals surface area contributed by atoms with Crippen molar-refractivity contribution in [2.75, 3.05) is 18.2 Å². The van der Waals surface area contributed by atoms with Gasteiger partial charge in [0, 0.05) is 18.2 Å². The van der Waals surface area contributed by atoms with E-state index < -0.39 is 5.82 Å². The Morgan fingerprint density at radius 3 is 2.83 bits per heavy atom. The molecule has 18 heavy (non-hydrogen) atoms. The zero-order valence-electron chi connectivity index (χ0n) is 10.2. The van der Waals surface area contributed by atoms with Gasteiger partial charge in [0.1, 0.15) is 11.6 Å². The highest BCUT2D eigenvalue weighted by Crippen LogP contribution is 2.28. The van der Waals surface area contributed by atoms with E-state index in [1.807, 2.05) is 6.92 Å². The Hall–Kier alpha value is -2.24. The molecule has 0 spiro atoms. The van der Waals surface area contributed by atoms with Crippen LogP contribution in [0.5, 0.6) is 5.75 Å². The average Bonchev–Trinajstić information content (AvgIpc) is 2.74. The van der Waals surface area contributed by atoms with Crippen LogP contribution < -0.4 is 15.8 Å². The van der Waals surface area contributed by atoms with Crippen molar-refractivity contribution in [2.24, 2.45) is 0 Å². The molecule has 5 nitrogen and oxygen atoms in total. The predicted molar refractivity (Wildman–Crippen MR) is 65.9 cm³/mol. The number of nitrogens with one attached hydrogen (secondary N) is 1. The number of halogens is 1. The van der Waals surface area contributed by atoms with Gasteiger partial charge in [0.2, 0.25) is 0 Å². The van der Waals surface area contributed by atoms with Gasteiger partial charge in [0.15, 0.2) is 5.76 Å². The van der Waals surface area contributed by atoms with Crippen LogP contribution in [0.25, 0.3) is 0 Å². The molecule has 0 amide bonds. The topological polar surface area (TPSA) is 73.3 Å². The first-order valence-electron chi connectivity index (χ1n) is 5.39. The van der Waals surface area contributed by atoms with E-state index >= 15 is 0 Å². The quantitative estimate of drug-likeness (QED) is 0.816. The van der Waals surface area contributed by atoms with Gasteiger partial charge in [-0.2, -0.15) is 0 Å². The zero-order valence-corrected chi connectivity index (χ0v) is 10.2. The van der Waals surface area contributed by atoms with Crippen molar-refractivity contribution in [2.45, 2.75) is 13.5 Å². The Bertz CT molecular complexity index is 554. The lowest BCUT2D eigenvalue weighted by molar-refractivity contribution is 0.384. The standard InChI is InChI=1S/C12H14FN3O2/c1-7-3-8(18-16-7)6-15-11-5-12(17-2)10(14)4-9(11)13/h3-5,15H,6,14H2,1-2H3. The number of ether oxygens (including phenoxy) is 1. The third kappa shape index (κ3) is 2.53. The molecule has 1 aromatic heterocycles. The van der Waals surface area contributed by atoms with Crippen LogP contribution in [0.3, 0.4) is 0 Å². The van der Waals surface area contributed by atoms with Crippen molar-refractivity contribution in [3.63, 3.8) is 0 Å². The number of nitrogens with zero attached hydrogens (tertiary/aromatic N) is 1. The maximum absolute atomic E-state index is 13.6. The van der Waals surface area contributed by atoms with E-state index in [0.717, 1.165) is 5.69 Å². The molecule has 0 saturated heterocycles.